The summed E-state index contributed by atoms with van der Waals surface area (Å²) in [4.78, 5) is 16.5. The zero-order chi connectivity index (χ0) is 18.2. The highest BCUT2D eigenvalue weighted by Gasteiger charge is 2.23. The lowest BCUT2D eigenvalue weighted by Crippen LogP contribution is -2.26. The molecule has 0 spiro atoms. The Balaban J connectivity index is 1.95. The summed E-state index contributed by atoms with van der Waals surface area (Å²) in [5, 5.41) is 0.493. The second kappa shape index (κ2) is 6.55. The molecule has 25 heavy (non-hydrogen) atoms. The largest absolute Gasteiger partial charge is 0.496 e. The Bertz CT molecular complexity index is 1090. The molecule has 0 aliphatic heterocycles. The number of rotatable bonds is 5. The number of aromatic nitrogens is 2. The van der Waals surface area contributed by atoms with E-state index in [0.29, 0.717) is 27.4 Å². The van der Waals surface area contributed by atoms with Gasteiger partial charge < -0.3 is 14.7 Å². The van der Waals surface area contributed by atoms with Gasteiger partial charge in [-0.25, -0.2) is 13.2 Å². The highest BCUT2D eigenvalue weighted by molar-refractivity contribution is 7.89. The van der Waals surface area contributed by atoms with Crippen LogP contribution in [-0.2, 0) is 16.6 Å². The van der Waals surface area contributed by atoms with E-state index in [1.807, 2.05) is 0 Å². The van der Waals surface area contributed by atoms with Crippen molar-refractivity contribution in [3.05, 3.63) is 57.5 Å². The van der Waals surface area contributed by atoms with Crippen molar-refractivity contribution in [2.75, 3.05) is 14.2 Å². The first-order valence-corrected chi connectivity index (χ1v) is 9.14. The van der Waals surface area contributed by atoms with Crippen LogP contribution in [0.25, 0.3) is 11.0 Å². The van der Waals surface area contributed by atoms with Gasteiger partial charge in [0.25, 0.3) is 0 Å². The number of nitrogens with zero attached hydrogens (tertiary/aromatic N) is 1. The molecule has 3 rings (SSSR count). The summed E-state index contributed by atoms with van der Waals surface area (Å²) >= 11 is 6.00. The van der Waals surface area contributed by atoms with Gasteiger partial charge in [-0.3, -0.25) is 0 Å². The molecule has 1 aromatic heterocycles. The average Bonchev–Trinajstić information content (AvgIpc) is 2.94. The quantitative estimate of drug-likeness (QED) is 0.709. The van der Waals surface area contributed by atoms with Crippen molar-refractivity contribution in [3.63, 3.8) is 0 Å². The lowest BCUT2D eigenvalue weighted by atomic mass is 10.2. The van der Waals surface area contributed by atoms with Crippen LogP contribution in [0.1, 0.15) is 5.56 Å². The number of fused-ring (bicyclic) bond motifs is 1. The predicted octanol–water partition coefficient (Wildman–Crippen LogP) is 2.34. The van der Waals surface area contributed by atoms with E-state index in [2.05, 4.69) is 9.97 Å². The molecule has 0 saturated heterocycles. The maximum absolute atomic E-state index is 12.8. The van der Waals surface area contributed by atoms with Gasteiger partial charge in [-0.1, -0.05) is 11.6 Å². The number of nitrogens with one attached hydrogen (secondary N) is 2. The molecule has 0 fully saturated rings. The number of imidazole rings is 1. The number of ether oxygens (including phenoxy) is 1. The Morgan fingerprint density at radius 3 is 2.56 bits per heavy atom. The van der Waals surface area contributed by atoms with E-state index in [-0.39, 0.29) is 17.1 Å². The van der Waals surface area contributed by atoms with Crippen molar-refractivity contribution in [2.24, 2.45) is 0 Å². The van der Waals surface area contributed by atoms with Gasteiger partial charge in [0.15, 0.2) is 0 Å². The summed E-state index contributed by atoms with van der Waals surface area (Å²) < 4.78 is 32.1. The summed E-state index contributed by atoms with van der Waals surface area (Å²) in [5.74, 6) is 0.553. The fraction of sp³-hybridized carbons (Fsp3) is 0.188. The number of methoxy groups -OCH3 is 1. The fourth-order valence-electron chi connectivity index (χ4n) is 2.55. The molecule has 2 aromatic carbocycles. The van der Waals surface area contributed by atoms with Crippen molar-refractivity contribution in [3.8, 4) is 5.75 Å². The Labute approximate surface area is 149 Å². The van der Waals surface area contributed by atoms with Gasteiger partial charge in [0.1, 0.15) is 5.75 Å². The monoisotopic (exact) mass is 381 g/mol. The molecule has 0 saturated carbocycles. The Morgan fingerprint density at radius 2 is 1.84 bits per heavy atom. The van der Waals surface area contributed by atoms with Gasteiger partial charge in [-0.05, 0) is 36.4 Å². The summed E-state index contributed by atoms with van der Waals surface area (Å²) in [5.41, 5.74) is 1.24. The van der Waals surface area contributed by atoms with E-state index in [4.69, 9.17) is 16.3 Å². The van der Waals surface area contributed by atoms with E-state index < -0.39 is 10.0 Å². The van der Waals surface area contributed by atoms with E-state index in [0.717, 1.165) is 0 Å². The van der Waals surface area contributed by atoms with Crippen LogP contribution >= 0.6 is 11.6 Å². The van der Waals surface area contributed by atoms with Gasteiger partial charge in [0, 0.05) is 24.2 Å². The highest BCUT2D eigenvalue weighted by atomic mass is 35.5. The van der Waals surface area contributed by atoms with Crippen LogP contribution in [0.4, 0.5) is 0 Å². The molecule has 0 bridgehead atoms. The summed E-state index contributed by atoms with van der Waals surface area (Å²) in [6, 6.07) is 9.46. The molecule has 132 valence electrons. The number of benzene rings is 2. The fourth-order valence-corrected chi connectivity index (χ4v) is 3.92. The van der Waals surface area contributed by atoms with Crippen LogP contribution in [0, 0.1) is 0 Å². The number of H-pyrrole nitrogens is 2. The normalized spacial score (nSPS) is 12.0. The minimum atomic E-state index is -3.76. The molecule has 0 aliphatic carbocycles. The molecule has 7 nitrogen and oxygen atoms in total. The molecular formula is C16H16ClN3O4S. The van der Waals surface area contributed by atoms with Gasteiger partial charge in [0.2, 0.25) is 10.0 Å². The Kier molecular flexibility index (Phi) is 4.59. The number of aromatic amines is 2. The zero-order valence-corrected chi connectivity index (χ0v) is 15.1. The molecular weight excluding hydrogens is 366 g/mol. The molecule has 0 aliphatic rings. The lowest BCUT2D eigenvalue weighted by molar-refractivity contribution is 0.398. The van der Waals surface area contributed by atoms with E-state index in [1.54, 1.807) is 24.3 Å². The third-order valence-electron chi connectivity index (χ3n) is 3.83. The minimum absolute atomic E-state index is 0.0822. The van der Waals surface area contributed by atoms with Crippen LogP contribution in [0.2, 0.25) is 5.02 Å². The molecule has 3 aromatic rings. The number of sulfonamides is 1. The molecule has 0 unspecified atom stereocenters. The minimum Gasteiger partial charge on any atom is -0.496 e. The van der Waals surface area contributed by atoms with E-state index in [1.165, 1.54) is 30.6 Å². The summed E-state index contributed by atoms with van der Waals surface area (Å²) in [6.45, 7) is 0.0910. The topological polar surface area (TPSA) is 95.3 Å². The number of hydrogen-bond acceptors (Lipinski definition) is 4. The van der Waals surface area contributed by atoms with E-state index >= 15 is 0 Å². The first kappa shape index (κ1) is 17.5. The molecule has 0 amide bonds. The van der Waals surface area contributed by atoms with Crippen molar-refractivity contribution in [1.82, 2.24) is 14.3 Å². The smallest absolute Gasteiger partial charge is 0.323 e. The first-order chi connectivity index (χ1) is 11.8. The average molecular weight is 382 g/mol. The molecule has 9 heteroatoms. The Morgan fingerprint density at radius 1 is 1.12 bits per heavy atom. The van der Waals surface area contributed by atoms with Crippen molar-refractivity contribution in [1.29, 1.82) is 0 Å². The van der Waals surface area contributed by atoms with Gasteiger partial charge in [-0.2, -0.15) is 4.31 Å². The SMILES string of the molecule is COc1ccc(Cl)cc1CN(C)S(=O)(=O)c1ccc2[nH]c(=O)[nH]c2c1. The standard InChI is InChI=1S/C16H16ClN3O4S/c1-20(9-10-7-11(17)3-6-15(10)24-2)25(22,23)12-4-5-13-14(8-12)19-16(21)18-13/h3-8H,9H2,1-2H3,(H2,18,19,21). The van der Waals surface area contributed by atoms with Crippen LogP contribution in [0.15, 0.2) is 46.1 Å². The zero-order valence-electron chi connectivity index (χ0n) is 13.5. The van der Waals surface area contributed by atoms with E-state index in [9.17, 15) is 13.2 Å². The number of halogens is 1. The second-order valence-corrected chi connectivity index (χ2v) is 7.99. The molecule has 0 radical (unpaired) electrons. The number of hydrogen-bond donors (Lipinski definition) is 2. The van der Waals surface area contributed by atoms with Gasteiger partial charge in [0.05, 0.1) is 23.0 Å². The first-order valence-electron chi connectivity index (χ1n) is 7.32. The Hall–Kier alpha value is -2.29. The summed E-state index contributed by atoms with van der Waals surface area (Å²) in [6.07, 6.45) is 0. The maximum Gasteiger partial charge on any atom is 0.323 e. The van der Waals surface area contributed by atoms with Gasteiger partial charge in [-0.15, -0.1) is 0 Å². The van der Waals surface area contributed by atoms with Gasteiger partial charge >= 0.3 is 5.69 Å². The van der Waals surface area contributed by atoms with Crippen molar-refractivity contribution < 1.29 is 13.2 Å². The molecule has 0 atom stereocenters. The highest BCUT2D eigenvalue weighted by Crippen LogP contribution is 2.26. The summed E-state index contributed by atoms with van der Waals surface area (Å²) in [7, 11) is -0.775. The van der Waals surface area contributed by atoms with Crippen LogP contribution in [0.3, 0.4) is 0 Å². The lowest BCUT2D eigenvalue weighted by Gasteiger charge is -2.19. The molecule has 1 heterocycles. The maximum atomic E-state index is 12.8. The third-order valence-corrected chi connectivity index (χ3v) is 5.87. The second-order valence-electron chi connectivity index (χ2n) is 5.50. The molecule has 2 N–H and O–H groups in total. The van der Waals surface area contributed by atoms with Crippen LogP contribution < -0.4 is 10.4 Å². The third kappa shape index (κ3) is 3.41. The van der Waals surface area contributed by atoms with Crippen molar-refractivity contribution in [2.45, 2.75) is 11.4 Å². The van der Waals surface area contributed by atoms with Crippen molar-refractivity contribution >= 4 is 32.7 Å². The van der Waals surface area contributed by atoms with Crippen LogP contribution in [-0.4, -0.2) is 36.8 Å². The predicted molar refractivity (Wildman–Crippen MR) is 95.6 cm³/mol. The van der Waals surface area contributed by atoms with Crippen LogP contribution in [0.5, 0.6) is 5.75 Å².